The molecule has 1 heterocycles. The number of nitrogens with zero attached hydrogens (tertiary/aromatic N) is 1. The second-order valence-corrected chi connectivity index (χ2v) is 8.29. The SMILES string of the molecule is COCCCN1C(=O)CC(CC(=O)NCc2cc(F)ccc2C)(c2ccccc2C)C1=O. The van der Waals surface area contributed by atoms with Crippen molar-refractivity contribution in [3.8, 4) is 0 Å². The molecule has 1 aliphatic heterocycles. The molecule has 0 spiro atoms. The summed E-state index contributed by atoms with van der Waals surface area (Å²) in [6.45, 7) is 4.54. The lowest BCUT2D eigenvalue weighted by Gasteiger charge is -2.28. The molecule has 1 saturated heterocycles. The first-order chi connectivity index (χ1) is 15.3. The Morgan fingerprint density at radius 1 is 1.16 bits per heavy atom. The number of rotatable bonds is 9. The normalized spacial score (nSPS) is 18.3. The first-order valence-corrected chi connectivity index (χ1v) is 10.7. The zero-order valence-electron chi connectivity index (χ0n) is 18.7. The van der Waals surface area contributed by atoms with Crippen LogP contribution >= 0.6 is 0 Å². The minimum absolute atomic E-state index is 0.0594. The van der Waals surface area contributed by atoms with E-state index in [-0.39, 0.29) is 49.5 Å². The summed E-state index contributed by atoms with van der Waals surface area (Å²) in [6.07, 6.45) is 0.316. The van der Waals surface area contributed by atoms with Crippen molar-refractivity contribution >= 4 is 17.7 Å². The van der Waals surface area contributed by atoms with Crippen LogP contribution in [0.15, 0.2) is 42.5 Å². The van der Waals surface area contributed by atoms with Gasteiger partial charge in [-0.25, -0.2) is 4.39 Å². The van der Waals surface area contributed by atoms with Gasteiger partial charge in [0.05, 0.1) is 5.41 Å². The summed E-state index contributed by atoms with van der Waals surface area (Å²) in [4.78, 5) is 40.6. The molecule has 170 valence electrons. The monoisotopic (exact) mass is 440 g/mol. The van der Waals surface area contributed by atoms with Crippen LogP contribution in [0.1, 0.15) is 41.5 Å². The maximum Gasteiger partial charge on any atom is 0.240 e. The van der Waals surface area contributed by atoms with Gasteiger partial charge in [-0.3, -0.25) is 19.3 Å². The number of aryl methyl sites for hydroxylation is 2. The molecular formula is C25H29FN2O4. The number of halogens is 1. The zero-order valence-corrected chi connectivity index (χ0v) is 18.7. The van der Waals surface area contributed by atoms with Crippen molar-refractivity contribution < 1.29 is 23.5 Å². The summed E-state index contributed by atoms with van der Waals surface area (Å²) in [5, 5.41) is 2.80. The van der Waals surface area contributed by atoms with E-state index in [9.17, 15) is 18.8 Å². The lowest BCUT2D eigenvalue weighted by Crippen LogP contribution is -2.43. The van der Waals surface area contributed by atoms with Crippen LogP contribution in [0.5, 0.6) is 0 Å². The van der Waals surface area contributed by atoms with E-state index < -0.39 is 5.41 Å². The average Bonchev–Trinajstić information content (AvgIpc) is 2.99. The van der Waals surface area contributed by atoms with Gasteiger partial charge in [-0.05, 0) is 54.7 Å². The van der Waals surface area contributed by atoms with E-state index in [0.717, 1.165) is 11.1 Å². The Hall–Kier alpha value is -3.06. The predicted octanol–water partition coefficient (Wildman–Crippen LogP) is 3.18. The number of amides is 3. The smallest absolute Gasteiger partial charge is 0.240 e. The fourth-order valence-corrected chi connectivity index (χ4v) is 4.31. The highest BCUT2D eigenvalue weighted by Gasteiger charge is 2.53. The van der Waals surface area contributed by atoms with Gasteiger partial charge in [0.25, 0.3) is 0 Å². The van der Waals surface area contributed by atoms with Crippen LogP contribution in [0.25, 0.3) is 0 Å². The van der Waals surface area contributed by atoms with Crippen LogP contribution in [0, 0.1) is 19.7 Å². The number of imide groups is 1. The minimum atomic E-state index is -1.25. The van der Waals surface area contributed by atoms with Crippen molar-refractivity contribution in [1.82, 2.24) is 10.2 Å². The van der Waals surface area contributed by atoms with Crippen molar-refractivity contribution in [3.05, 3.63) is 70.5 Å². The zero-order chi connectivity index (χ0) is 23.3. The van der Waals surface area contributed by atoms with E-state index >= 15 is 0 Å². The predicted molar refractivity (Wildman–Crippen MR) is 118 cm³/mol. The molecule has 1 fully saturated rings. The average molecular weight is 441 g/mol. The molecule has 32 heavy (non-hydrogen) atoms. The molecule has 2 aromatic rings. The Kier molecular flexibility index (Phi) is 7.40. The highest BCUT2D eigenvalue weighted by Crippen LogP contribution is 2.41. The number of carbonyl (C=O) groups is 3. The number of ether oxygens (including phenoxy) is 1. The van der Waals surface area contributed by atoms with Gasteiger partial charge in [0.15, 0.2) is 0 Å². The van der Waals surface area contributed by atoms with Crippen molar-refractivity contribution in [1.29, 1.82) is 0 Å². The molecule has 1 atom stereocenters. The van der Waals surface area contributed by atoms with Gasteiger partial charge < -0.3 is 10.1 Å². The number of likely N-dealkylation sites (tertiary alicyclic amines) is 1. The molecule has 0 bridgehead atoms. The van der Waals surface area contributed by atoms with Crippen molar-refractivity contribution in [2.75, 3.05) is 20.3 Å². The van der Waals surface area contributed by atoms with Crippen LogP contribution in [0.4, 0.5) is 4.39 Å². The van der Waals surface area contributed by atoms with Gasteiger partial charge in [0.2, 0.25) is 17.7 Å². The molecule has 0 radical (unpaired) electrons. The molecule has 6 nitrogen and oxygen atoms in total. The maximum absolute atomic E-state index is 13.6. The van der Waals surface area contributed by atoms with Gasteiger partial charge in [0.1, 0.15) is 5.82 Å². The van der Waals surface area contributed by atoms with Crippen LogP contribution in [-0.4, -0.2) is 42.9 Å². The van der Waals surface area contributed by atoms with E-state index in [0.29, 0.717) is 24.2 Å². The Bertz CT molecular complexity index is 1020. The molecule has 0 aliphatic carbocycles. The fraction of sp³-hybridized carbons (Fsp3) is 0.400. The first kappa shape index (κ1) is 23.6. The minimum Gasteiger partial charge on any atom is -0.385 e. The summed E-state index contributed by atoms with van der Waals surface area (Å²) in [7, 11) is 1.57. The van der Waals surface area contributed by atoms with E-state index in [1.807, 2.05) is 38.1 Å². The van der Waals surface area contributed by atoms with E-state index in [1.165, 1.54) is 17.0 Å². The largest absolute Gasteiger partial charge is 0.385 e. The van der Waals surface area contributed by atoms with Crippen LogP contribution in [0.3, 0.4) is 0 Å². The van der Waals surface area contributed by atoms with Crippen LogP contribution in [-0.2, 0) is 31.1 Å². The van der Waals surface area contributed by atoms with Crippen molar-refractivity contribution in [2.24, 2.45) is 0 Å². The molecule has 2 aromatic carbocycles. The van der Waals surface area contributed by atoms with Gasteiger partial charge in [-0.15, -0.1) is 0 Å². The molecule has 0 saturated carbocycles. The number of methoxy groups -OCH3 is 1. The third-order valence-corrected chi connectivity index (χ3v) is 6.05. The van der Waals surface area contributed by atoms with Gasteiger partial charge in [-0.2, -0.15) is 0 Å². The summed E-state index contributed by atoms with van der Waals surface area (Å²) in [5.41, 5.74) is 1.80. The highest BCUT2D eigenvalue weighted by atomic mass is 19.1. The quantitative estimate of drug-likeness (QED) is 0.480. The third kappa shape index (κ3) is 4.88. The van der Waals surface area contributed by atoms with E-state index in [4.69, 9.17) is 4.74 Å². The topological polar surface area (TPSA) is 75.7 Å². The Morgan fingerprint density at radius 2 is 1.91 bits per heavy atom. The standard InChI is InChI=1S/C25H29FN2O4/c1-17-9-10-20(26)13-19(17)16-27-22(29)14-25(21-8-5-4-7-18(21)2)15-23(30)28(24(25)31)11-6-12-32-3/h4-5,7-10,13H,6,11-12,14-16H2,1-3H3,(H,27,29). The van der Waals surface area contributed by atoms with Crippen molar-refractivity contribution in [2.45, 2.75) is 45.1 Å². The molecule has 1 aliphatic rings. The van der Waals surface area contributed by atoms with Crippen LogP contribution in [0.2, 0.25) is 0 Å². The number of hydrogen-bond donors (Lipinski definition) is 1. The molecule has 7 heteroatoms. The number of carbonyl (C=O) groups excluding carboxylic acids is 3. The summed E-state index contributed by atoms with van der Waals surface area (Å²) < 4.78 is 18.6. The molecule has 0 aromatic heterocycles. The number of nitrogens with one attached hydrogen (secondary N) is 1. The Balaban J connectivity index is 1.85. The molecular weight excluding hydrogens is 411 g/mol. The second kappa shape index (κ2) is 10.0. The molecule has 3 rings (SSSR count). The van der Waals surface area contributed by atoms with Gasteiger partial charge >= 0.3 is 0 Å². The fourth-order valence-electron chi connectivity index (χ4n) is 4.31. The molecule has 1 unspecified atom stereocenters. The van der Waals surface area contributed by atoms with Crippen molar-refractivity contribution in [3.63, 3.8) is 0 Å². The van der Waals surface area contributed by atoms with E-state index in [2.05, 4.69) is 5.32 Å². The highest BCUT2D eigenvalue weighted by molar-refractivity contribution is 6.10. The number of hydrogen-bond acceptors (Lipinski definition) is 4. The lowest BCUT2D eigenvalue weighted by molar-refractivity contribution is -0.141. The van der Waals surface area contributed by atoms with Gasteiger partial charge in [0, 0.05) is 39.6 Å². The number of benzene rings is 2. The van der Waals surface area contributed by atoms with E-state index in [1.54, 1.807) is 13.2 Å². The first-order valence-electron chi connectivity index (χ1n) is 10.7. The Labute approximate surface area is 187 Å². The summed E-state index contributed by atoms with van der Waals surface area (Å²) in [5.74, 6) is -1.38. The Morgan fingerprint density at radius 3 is 2.62 bits per heavy atom. The second-order valence-electron chi connectivity index (χ2n) is 8.29. The molecule has 1 N–H and O–H groups in total. The molecule has 3 amide bonds. The summed E-state index contributed by atoms with van der Waals surface area (Å²) in [6, 6.07) is 11.8. The summed E-state index contributed by atoms with van der Waals surface area (Å²) >= 11 is 0. The maximum atomic E-state index is 13.6. The van der Waals surface area contributed by atoms with Gasteiger partial charge in [-0.1, -0.05) is 30.3 Å². The third-order valence-electron chi connectivity index (χ3n) is 6.05. The van der Waals surface area contributed by atoms with Crippen LogP contribution < -0.4 is 5.32 Å². The lowest BCUT2D eigenvalue weighted by atomic mass is 9.74.